The zero-order valence-corrected chi connectivity index (χ0v) is 14.0. The SMILES string of the molecule is CC(C)(C)c1ccc(S(=O)(=O)C(CN)c2cccnc2)cc1. The van der Waals surface area contributed by atoms with E-state index in [1.165, 1.54) is 0 Å². The third-order valence-electron chi connectivity index (χ3n) is 3.69. The topological polar surface area (TPSA) is 73.0 Å². The van der Waals surface area contributed by atoms with Crippen molar-refractivity contribution in [3.63, 3.8) is 0 Å². The molecule has 1 heterocycles. The highest BCUT2D eigenvalue weighted by Crippen LogP contribution is 2.29. The molecule has 1 unspecified atom stereocenters. The van der Waals surface area contributed by atoms with Crippen LogP contribution in [0, 0.1) is 0 Å². The number of aromatic nitrogens is 1. The van der Waals surface area contributed by atoms with Crippen molar-refractivity contribution in [3.8, 4) is 0 Å². The molecular formula is C17H22N2O2S. The molecule has 1 aromatic carbocycles. The molecule has 0 radical (unpaired) electrons. The van der Waals surface area contributed by atoms with Crippen molar-refractivity contribution < 1.29 is 8.42 Å². The predicted octanol–water partition coefficient (Wildman–Crippen LogP) is 2.85. The first kappa shape index (κ1) is 16.6. The molecule has 0 aliphatic rings. The van der Waals surface area contributed by atoms with Crippen molar-refractivity contribution in [3.05, 3.63) is 59.9 Å². The average Bonchev–Trinajstić information content (AvgIpc) is 2.48. The molecule has 2 aromatic rings. The van der Waals surface area contributed by atoms with Crippen molar-refractivity contribution >= 4 is 9.84 Å². The number of nitrogens with zero attached hydrogens (tertiary/aromatic N) is 1. The van der Waals surface area contributed by atoms with Gasteiger partial charge < -0.3 is 5.73 Å². The van der Waals surface area contributed by atoms with Gasteiger partial charge >= 0.3 is 0 Å². The predicted molar refractivity (Wildman–Crippen MR) is 88.4 cm³/mol. The highest BCUT2D eigenvalue weighted by atomic mass is 32.2. The van der Waals surface area contributed by atoms with Gasteiger partial charge in [-0.2, -0.15) is 0 Å². The number of hydrogen-bond acceptors (Lipinski definition) is 4. The molecule has 0 fully saturated rings. The van der Waals surface area contributed by atoms with E-state index in [9.17, 15) is 8.42 Å². The van der Waals surface area contributed by atoms with Crippen molar-refractivity contribution in [2.45, 2.75) is 36.3 Å². The van der Waals surface area contributed by atoms with E-state index in [1.807, 2.05) is 12.1 Å². The first-order valence-electron chi connectivity index (χ1n) is 7.21. The molecule has 0 aliphatic heterocycles. The van der Waals surface area contributed by atoms with Gasteiger partial charge in [0.2, 0.25) is 0 Å². The number of sulfone groups is 1. The van der Waals surface area contributed by atoms with E-state index in [1.54, 1.807) is 36.7 Å². The van der Waals surface area contributed by atoms with Crippen molar-refractivity contribution in [1.82, 2.24) is 4.98 Å². The second-order valence-electron chi connectivity index (χ2n) is 6.33. The van der Waals surface area contributed by atoms with E-state index in [0.717, 1.165) is 5.56 Å². The first-order chi connectivity index (χ1) is 10.3. The zero-order chi connectivity index (χ0) is 16.4. The fourth-order valence-electron chi connectivity index (χ4n) is 2.32. The zero-order valence-electron chi connectivity index (χ0n) is 13.2. The Morgan fingerprint density at radius 1 is 1.14 bits per heavy atom. The second kappa shape index (κ2) is 6.18. The molecule has 1 atom stereocenters. The molecule has 0 spiro atoms. The minimum absolute atomic E-state index is 0.0150. The van der Waals surface area contributed by atoms with Gasteiger partial charge in [-0.3, -0.25) is 4.98 Å². The third-order valence-corrected chi connectivity index (χ3v) is 5.84. The fraction of sp³-hybridized carbons (Fsp3) is 0.353. The quantitative estimate of drug-likeness (QED) is 0.941. The summed E-state index contributed by atoms with van der Waals surface area (Å²) in [6.45, 7) is 6.30. The molecule has 2 N–H and O–H groups in total. The van der Waals surface area contributed by atoms with Crippen LogP contribution >= 0.6 is 0 Å². The van der Waals surface area contributed by atoms with Crippen LogP contribution in [-0.4, -0.2) is 19.9 Å². The minimum atomic E-state index is -3.53. The van der Waals surface area contributed by atoms with Crippen LogP contribution < -0.4 is 5.73 Å². The molecular weight excluding hydrogens is 296 g/mol. The van der Waals surface area contributed by atoms with Crippen LogP contribution in [0.15, 0.2) is 53.7 Å². The highest BCUT2D eigenvalue weighted by Gasteiger charge is 2.28. The van der Waals surface area contributed by atoms with Gasteiger partial charge in [0.15, 0.2) is 9.84 Å². The Bertz CT molecular complexity index is 718. The van der Waals surface area contributed by atoms with E-state index in [-0.39, 0.29) is 12.0 Å². The highest BCUT2D eigenvalue weighted by molar-refractivity contribution is 7.91. The van der Waals surface area contributed by atoms with Gasteiger partial charge in [0.25, 0.3) is 0 Å². The van der Waals surface area contributed by atoms with Crippen LogP contribution in [0.1, 0.15) is 37.1 Å². The Hall–Kier alpha value is -1.72. The van der Waals surface area contributed by atoms with Gasteiger partial charge in [-0.25, -0.2) is 8.42 Å². The van der Waals surface area contributed by atoms with Gasteiger partial charge in [-0.05, 0) is 34.7 Å². The summed E-state index contributed by atoms with van der Waals surface area (Å²) in [5.74, 6) is 0. The van der Waals surface area contributed by atoms with E-state index < -0.39 is 15.1 Å². The normalized spacial score (nSPS) is 13.8. The summed E-state index contributed by atoms with van der Waals surface area (Å²) in [6.07, 6.45) is 3.17. The first-order valence-corrected chi connectivity index (χ1v) is 8.76. The van der Waals surface area contributed by atoms with E-state index >= 15 is 0 Å². The number of pyridine rings is 1. The van der Waals surface area contributed by atoms with Crippen LogP contribution in [-0.2, 0) is 15.3 Å². The smallest absolute Gasteiger partial charge is 0.186 e. The molecule has 5 heteroatoms. The Morgan fingerprint density at radius 2 is 1.77 bits per heavy atom. The maximum atomic E-state index is 12.8. The molecule has 2 rings (SSSR count). The lowest BCUT2D eigenvalue weighted by Crippen LogP contribution is -2.22. The van der Waals surface area contributed by atoms with Crippen LogP contribution in [0.4, 0.5) is 0 Å². The number of nitrogens with two attached hydrogens (primary N) is 1. The van der Waals surface area contributed by atoms with Gasteiger partial charge in [-0.15, -0.1) is 0 Å². The largest absolute Gasteiger partial charge is 0.329 e. The minimum Gasteiger partial charge on any atom is -0.329 e. The standard InChI is InChI=1S/C17H22N2O2S/c1-17(2,3)14-6-8-15(9-7-14)22(20,21)16(11-18)13-5-4-10-19-12-13/h4-10,12,16H,11,18H2,1-3H3. The Labute approximate surface area is 132 Å². The Kier molecular flexibility index (Phi) is 4.68. The fourth-order valence-corrected chi connectivity index (χ4v) is 3.91. The summed E-state index contributed by atoms with van der Waals surface area (Å²) in [4.78, 5) is 4.28. The third kappa shape index (κ3) is 3.36. The average molecular weight is 318 g/mol. The maximum Gasteiger partial charge on any atom is 0.186 e. The molecule has 0 amide bonds. The summed E-state index contributed by atoms with van der Waals surface area (Å²) >= 11 is 0. The van der Waals surface area contributed by atoms with Gasteiger partial charge in [0, 0.05) is 18.9 Å². The molecule has 0 aliphatic carbocycles. The van der Waals surface area contributed by atoms with Crippen LogP contribution in [0.25, 0.3) is 0 Å². The summed E-state index contributed by atoms with van der Waals surface area (Å²) < 4.78 is 25.6. The van der Waals surface area contributed by atoms with Crippen LogP contribution in [0.3, 0.4) is 0 Å². The Balaban J connectivity index is 2.41. The van der Waals surface area contributed by atoms with E-state index in [2.05, 4.69) is 25.8 Å². The van der Waals surface area contributed by atoms with E-state index in [4.69, 9.17) is 5.73 Å². The lowest BCUT2D eigenvalue weighted by molar-refractivity contribution is 0.579. The van der Waals surface area contributed by atoms with E-state index in [0.29, 0.717) is 10.5 Å². The van der Waals surface area contributed by atoms with Crippen molar-refractivity contribution in [2.75, 3.05) is 6.54 Å². The van der Waals surface area contributed by atoms with Crippen molar-refractivity contribution in [1.29, 1.82) is 0 Å². The monoisotopic (exact) mass is 318 g/mol. The van der Waals surface area contributed by atoms with Crippen LogP contribution in [0.5, 0.6) is 0 Å². The summed E-state index contributed by atoms with van der Waals surface area (Å²) in [5, 5.41) is -0.776. The Morgan fingerprint density at radius 3 is 2.23 bits per heavy atom. The lowest BCUT2D eigenvalue weighted by Gasteiger charge is -2.20. The molecule has 0 bridgehead atoms. The number of benzene rings is 1. The van der Waals surface area contributed by atoms with Crippen LogP contribution in [0.2, 0.25) is 0 Å². The molecule has 1 aromatic heterocycles. The number of rotatable bonds is 4. The lowest BCUT2D eigenvalue weighted by atomic mass is 9.87. The summed E-state index contributed by atoms with van der Waals surface area (Å²) in [6, 6.07) is 10.5. The molecule has 4 nitrogen and oxygen atoms in total. The number of hydrogen-bond donors (Lipinski definition) is 1. The maximum absolute atomic E-state index is 12.8. The van der Waals surface area contributed by atoms with Gasteiger partial charge in [0.1, 0.15) is 5.25 Å². The molecule has 118 valence electrons. The van der Waals surface area contributed by atoms with Gasteiger partial charge in [0.05, 0.1) is 4.90 Å². The van der Waals surface area contributed by atoms with Crippen molar-refractivity contribution in [2.24, 2.45) is 5.73 Å². The molecule has 0 saturated heterocycles. The second-order valence-corrected chi connectivity index (χ2v) is 8.46. The molecule has 22 heavy (non-hydrogen) atoms. The van der Waals surface area contributed by atoms with Gasteiger partial charge in [-0.1, -0.05) is 39.0 Å². The summed E-state index contributed by atoms with van der Waals surface area (Å²) in [5.41, 5.74) is 7.42. The summed E-state index contributed by atoms with van der Waals surface area (Å²) in [7, 11) is -3.53. The molecule has 0 saturated carbocycles.